The molecule has 2 unspecified atom stereocenters. The van der Waals surface area contributed by atoms with Gasteiger partial charge in [0.2, 0.25) is 0 Å². The molecule has 2 atom stereocenters. The quantitative estimate of drug-likeness (QED) is 0.809. The first-order chi connectivity index (χ1) is 8.61. The van der Waals surface area contributed by atoms with Gasteiger partial charge < -0.3 is 15.2 Å². The van der Waals surface area contributed by atoms with Crippen LogP contribution < -0.4 is 10.5 Å². The summed E-state index contributed by atoms with van der Waals surface area (Å²) in [6, 6.07) is 7.77. The van der Waals surface area contributed by atoms with Gasteiger partial charge in [-0.1, -0.05) is 32.0 Å². The molecule has 0 aromatic heterocycles. The zero-order valence-corrected chi connectivity index (χ0v) is 11.8. The lowest BCUT2D eigenvalue weighted by Gasteiger charge is -2.28. The first kappa shape index (κ1) is 15.0. The first-order valence-corrected chi connectivity index (χ1v) is 6.70. The minimum Gasteiger partial charge on any atom is -0.494 e. The summed E-state index contributed by atoms with van der Waals surface area (Å²) in [5, 5.41) is 0. The molecule has 0 aliphatic heterocycles. The van der Waals surface area contributed by atoms with Crippen molar-refractivity contribution in [2.45, 2.75) is 39.8 Å². The van der Waals surface area contributed by atoms with Crippen LogP contribution in [0.4, 0.5) is 0 Å². The number of hydrogen-bond donors (Lipinski definition) is 1. The van der Waals surface area contributed by atoms with E-state index in [4.69, 9.17) is 15.2 Å². The molecule has 0 saturated heterocycles. The van der Waals surface area contributed by atoms with Crippen molar-refractivity contribution in [3.05, 3.63) is 29.8 Å². The van der Waals surface area contributed by atoms with Crippen molar-refractivity contribution in [3.8, 4) is 5.75 Å². The summed E-state index contributed by atoms with van der Waals surface area (Å²) in [7, 11) is 0. The first-order valence-electron chi connectivity index (χ1n) is 6.70. The molecule has 0 amide bonds. The summed E-state index contributed by atoms with van der Waals surface area (Å²) in [5.41, 5.74) is 7.37. The summed E-state index contributed by atoms with van der Waals surface area (Å²) in [4.78, 5) is 0. The van der Waals surface area contributed by atoms with Crippen molar-refractivity contribution in [2.24, 2.45) is 11.7 Å². The minimum absolute atomic E-state index is 0.0107. The molecule has 3 heteroatoms. The predicted molar refractivity (Wildman–Crippen MR) is 74.8 cm³/mol. The maximum Gasteiger partial charge on any atom is 0.124 e. The summed E-state index contributed by atoms with van der Waals surface area (Å²) >= 11 is 0. The summed E-state index contributed by atoms with van der Waals surface area (Å²) in [5.74, 6) is 1.23. The number of para-hydroxylation sites is 1. The molecule has 3 nitrogen and oxygen atoms in total. The van der Waals surface area contributed by atoms with E-state index >= 15 is 0 Å². The standard InChI is InChI=1S/C15H25NO2/c1-5-17-13-10-8-7-9-12(13)14(16)15(11(3)4)18-6-2/h7-11,14-15H,5-6,16H2,1-4H3. The van der Waals surface area contributed by atoms with Gasteiger partial charge in [0.25, 0.3) is 0 Å². The Hall–Kier alpha value is -1.06. The molecule has 0 spiro atoms. The van der Waals surface area contributed by atoms with Crippen LogP contribution in [-0.2, 0) is 4.74 Å². The Kier molecular flexibility index (Phi) is 6.16. The maximum atomic E-state index is 6.35. The summed E-state index contributed by atoms with van der Waals surface area (Å²) in [6.07, 6.45) is 0.0107. The maximum absolute atomic E-state index is 6.35. The third-order valence-electron chi connectivity index (χ3n) is 2.95. The minimum atomic E-state index is -0.160. The zero-order chi connectivity index (χ0) is 13.5. The number of rotatable bonds is 7. The second-order valence-corrected chi connectivity index (χ2v) is 4.66. The monoisotopic (exact) mass is 251 g/mol. The van der Waals surface area contributed by atoms with Gasteiger partial charge in [-0.15, -0.1) is 0 Å². The smallest absolute Gasteiger partial charge is 0.124 e. The van der Waals surface area contributed by atoms with Crippen molar-refractivity contribution >= 4 is 0 Å². The highest BCUT2D eigenvalue weighted by Crippen LogP contribution is 2.29. The molecule has 0 radical (unpaired) electrons. The zero-order valence-electron chi connectivity index (χ0n) is 11.8. The average molecular weight is 251 g/mol. The van der Waals surface area contributed by atoms with E-state index < -0.39 is 0 Å². The molecule has 0 bridgehead atoms. The lowest BCUT2D eigenvalue weighted by atomic mass is 9.93. The Balaban J connectivity index is 2.96. The van der Waals surface area contributed by atoms with Crippen LogP contribution in [0.5, 0.6) is 5.75 Å². The molecule has 102 valence electrons. The normalized spacial score (nSPS) is 14.6. The summed E-state index contributed by atoms with van der Waals surface area (Å²) in [6.45, 7) is 9.55. The topological polar surface area (TPSA) is 44.5 Å². The fraction of sp³-hybridized carbons (Fsp3) is 0.600. The number of ether oxygens (including phenoxy) is 2. The van der Waals surface area contributed by atoms with Crippen molar-refractivity contribution in [1.82, 2.24) is 0 Å². The van der Waals surface area contributed by atoms with Gasteiger partial charge in [-0.3, -0.25) is 0 Å². The van der Waals surface area contributed by atoms with Gasteiger partial charge >= 0.3 is 0 Å². The molecule has 0 saturated carbocycles. The lowest BCUT2D eigenvalue weighted by molar-refractivity contribution is 0.0116. The van der Waals surface area contributed by atoms with E-state index in [0.717, 1.165) is 11.3 Å². The molecule has 0 aliphatic rings. The van der Waals surface area contributed by atoms with Gasteiger partial charge in [0.15, 0.2) is 0 Å². The second kappa shape index (κ2) is 7.39. The van der Waals surface area contributed by atoms with E-state index in [2.05, 4.69) is 13.8 Å². The van der Waals surface area contributed by atoms with E-state index in [0.29, 0.717) is 19.1 Å². The predicted octanol–water partition coefficient (Wildman–Crippen LogP) is 3.15. The van der Waals surface area contributed by atoms with Crippen LogP contribution in [0.1, 0.15) is 39.3 Å². The molecule has 1 rings (SSSR count). The Bertz CT molecular complexity index is 352. The van der Waals surface area contributed by atoms with Gasteiger partial charge in [-0.25, -0.2) is 0 Å². The van der Waals surface area contributed by atoms with Crippen molar-refractivity contribution in [2.75, 3.05) is 13.2 Å². The number of benzene rings is 1. The van der Waals surface area contributed by atoms with E-state index in [9.17, 15) is 0 Å². The fourth-order valence-corrected chi connectivity index (χ4v) is 2.12. The third-order valence-corrected chi connectivity index (χ3v) is 2.95. The summed E-state index contributed by atoms with van der Waals surface area (Å²) < 4.78 is 11.4. The van der Waals surface area contributed by atoms with Crippen LogP contribution in [0.2, 0.25) is 0 Å². The van der Waals surface area contributed by atoms with Crippen LogP contribution in [0.3, 0.4) is 0 Å². The lowest BCUT2D eigenvalue weighted by Crippen LogP contribution is -2.33. The molecule has 1 aromatic rings. The Labute approximate surface area is 110 Å². The van der Waals surface area contributed by atoms with Crippen LogP contribution in [0.15, 0.2) is 24.3 Å². The van der Waals surface area contributed by atoms with E-state index in [1.165, 1.54) is 0 Å². The molecule has 1 aromatic carbocycles. The van der Waals surface area contributed by atoms with Crippen LogP contribution in [0.25, 0.3) is 0 Å². The van der Waals surface area contributed by atoms with Gasteiger partial charge in [-0.2, -0.15) is 0 Å². The third kappa shape index (κ3) is 3.72. The van der Waals surface area contributed by atoms with Crippen molar-refractivity contribution < 1.29 is 9.47 Å². The molecular weight excluding hydrogens is 226 g/mol. The second-order valence-electron chi connectivity index (χ2n) is 4.66. The Morgan fingerprint density at radius 3 is 2.33 bits per heavy atom. The Morgan fingerprint density at radius 1 is 1.11 bits per heavy atom. The molecule has 0 fully saturated rings. The van der Waals surface area contributed by atoms with Crippen LogP contribution >= 0.6 is 0 Å². The van der Waals surface area contributed by atoms with Gasteiger partial charge in [0, 0.05) is 12.2 Å². The number of hydrogen-bond acceptors (Lipinski definition) is 3. The van der Waals surface area contributed by atoms with Gasteiger partial charge in [-0.05, 0) is 25.8 Å². The van der Waals surface area contributed by atoms with Gasteiger partial charge in [0.05, 0.1) is 18.8 Å². The van der Waals surface area contributed by atoms with E-state index in [1.54, 1.807) is 0 Å². The van der Waals surface area contributed by atoms with Crippen LogP contribution in [0, 0.1) is 5.92 Å². The van der Waals surface area contributed by atoms with Crippen LogP contribution in [-0.4, -0.2) is 19.3 Å². The van der Waals surface area contributed by atoms with E-state index in [-0.39, 0.29) is 12.1 Å². The molecular formula is C15H25NO2. The van der Waals surface area contributed by atoms with Crippen molar-refractivity contribution in [1.29, 1.82) is 0 Å². The molecule has 2 N–H and O–H groups in total. The SMILES string of the molecule is CCOc1ccccc1C(N)C(OCC)C(C)C. The molecule has 18 heavy (non-hydrogen) atoms. The van der Waals surface area contributed by atoms with E-state index in [1.807, 2.05) is 38.1 Å². The van der Waals surface area contributed by atoms with Crippen molar-refractivity contribution in [3.63, 3.8) is 0 Å². The fourth-order valence-electron chi connectivity index (χ4n) is 2.12. The van der Waals surface area contributed by atoms with Gasteiger partial charge in [0.1, 0.15) is 5.75 Å². The highest BCUT2D eigenvalue weighted by atomic mass is 16.5. The largest absolute Gasteiger partial charge is 0.494 e. The highest BCUT2D eigenvalue weighted by molar-refractivity contribution is 5.36. The molecule has 0 heterocycles. The number of nitrogens with two attached hydrogens (primary N) is 1. The Morgan fingerprint density at radius 2 is 1.78 bits per heavy atom. The highest BCUT2D eigenvalue weighted by Gasteiger charge is 2.25. The average Bonchev–Trinajstić information content (AvgIpc) is 2.36. The molecule has 0 aliphatic carbocycles.